The molecule has 6 nitrogen and oxygen atoms in total. The van der Waals surface area contributed by atoms with Crippen LogP contribution in [-0.4, -0.2) is 37.2 Å². The average molecular weight is 1110 g/mol. The maximum absolute atomic E-state index is 12.9. The maximum atomic E-state index is 12.9. The molecule has 0 bridgehead atoms. The van der Waals surface area contributed by atoms with Crippen molar-refractivity contribution in [2.45, 2.75) is 341 Å². The third-order valence-electron chi connectivity index (χ3n) is 14.8. The second kappa shape index (κ2) is 67.8. The van der Waals surface area contributed by atoms with E-state index in [0.717, 1.165) is 128 Å². The van der Waals surface area contributed by atoms with Crippen molar-refractivity contribution < 1.29 is 28.6 Å². The molecule has 0 spiro atoms. The molecule has 1 unspecified atom stereocenters. The molecule has 0 rings (SSSR count). The van der Waals surface area contributed by atoms with Gasteiger partial charge in [0.05, 0.1) is 0 Å². The monoisotopic (exact) mass is 1110 g/mol. The Kier molecular flexibility index (Phi) is 64.7. The molecule has 1 atom stereocenters. The number of ether oxygens (including phenoxy) is 3. The molecule has 0 N–H and O–H groups in total. The first kappa shape index (κ1) is 76.3. The van der Waals surface area contributed by atoms with E-state index in [1.54, 1.807) is 0 Å². The second-order valence-electron chi connectivity index (χ2n) is 22.7. The molecule has 0 saturated carbocycles. The highest BCUT2D eigenvalue weighted by molar-refractivity contribution is 5.71. The first-order valence-corrected chi connectivity index (χ1v) is 34.2. The van der Waals surface area contributed by atoms with Crippen molar-refractivity contribution in [3.8, 4) is 0 Å². The number of carbonyl (C=O) groups excluding carboxylic acids is 3. The van der Waals surface area contributed by atoms with Gasteiger partial charge in [-0.1, -0.05) is 311 Å². The van der Waals surface area contributed by atoms with Gasteiger partial charge in [0.25, 0.3) is 0 Å². The SMILES string of the molecule is CC/C=C\C/C=C\C/C=C\C/C=C\C/C=C\CCCCCCCC(=O)OC(COC(=O)CCCCCCCCCC/C=C\C/C=C\C/C=C\CCCCCCC)COC(=O)CCCCCCCCCCCCCCCCCCCC. The number of hydrogen-bond acceptors (Lipinski definition) is 6. The molecule has 460 valence electrons. The number of esters is 3. The van der Waals surface area contributed by atoms with E-state index in [4.69, 9.17) is 14.2 Å². The van der Waals surface area contributed by atoms with Gasteiger partial charge in [-0.25, -0.2) is 0 Å². The number of rotatable bonds is 62. The fourth-order valence-corrected chi connectivity index (χ4v) is 9.71. The Hall–Kier alpha value is -3.67. The van der Waals surface area contributed by atoms with Gasteiger partial charge in [0, 0.05) is 19.3 Å². The average Bonchev–Trinajstić information content (AvgIpc) is 3.46. The fraction of sp³-hybridized carbons (Fsp3) is 0.743. The molecule has 0 heterocycles. The minimum Gasteiger partial charge on any atom is -0.462 e. The third-order valence-corrected chi connectivity index (χ3v) is 14.8. The van der Waals surface area contributed by atoms with Gasteiger partial charge < -0.3 is 14.2 Å². The Morgan fingerprint density at radius 2 is 0.487 bits per heavy atom. The van der Waals surface area contributed by atoms with E-state index < -0.39 is 6.10 Å². The maximum Gasteiger partial charge on any atom is 0.306 e. The Morgan fingerprint density at radius 3 is 0.762 bits per heavy atom. The van der Waals surface area contributed by atoms with E-state index in [2.05, 4.69) is 118 Å². The third kappa shape index (κ3) is 65.1. The zero-order valence-corrected chi connectivity index (χ0v) is 52.8. The van der Waals surface area contributed by atoms with Crippen LogP contribution in [0.4, 0.5) is 0 Å². The van der Waals surface area contributed by atoms with Crippen LogP contribution in [0.2, 0.25) is 0 Å². The van der Waals surface area contributed by atoms with Gasteiger partial charge in [0.1, 0.15) is 13.2 Å². The smallest absolute Gasteiger partial charge is 0.306 e. The Bertz CT molecular complexity index is 1560. The van der Waals surface area contributed by atoms with Gasteiger partial charge >= 0.3 is 17.9 Å². The molecule has 0 fully saturated rings. The minimum atomic E-state index is -0.793. The van der Waals surface area contributed by atoms with Gasteiger partial charge in [0.2, 0.25) is 0 Å². The molecule has 0 aliphatic rings. The minimum absolute atomic E-state index is 0.0855. The van der Waals surface area contributed by atoms with Gasteiger partial charge in [0.15, 0.2) is 6.10 Å². The van der Waals surface area contributed by atoms with Crippen LogP contribution in [0, 0.1) is 0 Å². The summed E-state index contributed by atoms with van der Waals surface area (Å²) >= 11 is 0. The van der Waals surface area contributed by atoms with Crippen LogP contribution in [-0.2, 0) is 28.6 Å². The van der Waals surface area contributed by atoms with Crippen LogP contribution in [0.25, 0.3) is 0 Å². The first-order valence-electron chi connectivity index (χ1n) is 34.2. The Labute approximate surface area is 496 Å². The van der Waals surface area contributed by atoms with E-state index in [9.17, 15) is 14.4 Å². The lowest BCUT2D eigenvalue weighted by atomic mass is 10.0. The van der Waals surface area contributed by atoms with Crippen LogP contribution in [0.5, 0.6) is 0 Å². The van der Waals surface area contributed by atoms with Crippen LogP contribution >= 0.6 is 0 Å². The van der Waals surface area contributed by atoms with Crippen molar-refractivity contribution >= 4 is 17.9 Å². The summed E-state index contributed by atoms with van der Waals surface area (Å²) in [4.78, 5) is 38.5. The summed E-state index contributed by atoms with van der Waals surface area (Å²) in [6, 6.07) is 0. The Balaban J connectivity index is 4.42. The van der Waals surface area contributed by atoms with E-state index in [-0.39, 0.29) is 31.1 Å². The lowest BCUT2D eigenvalue weighted by Gasteiger charge is -2.18. The van der Waals surface area contributed by atoms with Crippen molar-refractivity contribution in [1.29, 1.82) is 0 Å². The van der Waals surface area contributed by atoms with Crippen molar-refractivity contribution in [2.75, 3.05) is 13.2 Å². The van der Waals surface area contributed by atoms with Gasteiger partial charge in [-0.3, -0.25) is 14.4 Å². The highest BCUT2D eigenvalue weighted by Crippen LogP contribution is 2.17. The predicted molar refractivity (Wildman–Crippen MR) is 348 cm³/mol. The molecular weight excluding hydrogens is 985 g/mol. The number of unbranched alkanes of at least 4 members (excludes halogenated alkanes) is 35. The highest BCUT2D eigenvalue weighted by Gasteiger charge is 2.19. The molecule has 0 aromatic rings. The molecule has 80 heavy (non-hydrogen) atoms. The van der Waals surface area contributed by atoms with Crippen LogP contribution in [0.15, 0.2) is 97.2 Å². The van der Waals surface area contributed by atoms with Crippen molar-refractivity contribution in [1.82, 2.24) is 0 Å². The van der Waals surface area contributed by atoms with Crippen LogP contribution in [0.1, 0.15) is 335 Å². The Morgan fingerprint density at radius 1 is 0.263 bits per heavy atom. The van der Waals surface area contributed by atoms with E-state index in [1.807, 2.05) is 0 Å². The van der Waals surface area contributed by atoms with Crippen LogP contribution < -0.4 is 0 Å². The van der Waals surface area contributed by atoms with E-state index >= 15 is 0 Å². The number of allylic oxidation sites excluding steroid dienone is 16. The summed E-state index contributed by atoms with van der Waals surface area (Å²) in [5.74, 6) is -0.896. The van der Waals surface area contributed by atoms with Gasteiger partial charge in [-0.05, 0) is 103 Å². The standard InChI is InChI=1S/C74H128O6/c1-4-7-10-13-16-19-22-25-28-31-34-36-37-39-40-43-46-49-52-55-58-61-64-67-73(76)79-70-71(69-78-72(75)66-63-60-57-54-51-48-45-42-33-30-27-24-21-18-15-12-9-6-3)80-74(77)68-65-62-59-56-53-50-47-44-41-38-35-32-29-26-23-20-17-14-11-8-5-2/h8,11,17,20,22,25-26,29,31,34-35,37-39,44,47,71H,4-7,9-10,12-16,18-19,21,23-24,27-28,30,32-33,36,40-43,45-46,48-70H2,1-3H3/b11-8-,20-17-,25-22-,29-26-,34-31-,38-35-,39-37-,47-44-. The topological polar surface area (TPSA) is 78.9 Å². The zero-order valence-electron chi connectivity index (χ0n) is 52.8. The zero-order chi connectivity index (χ0) is 57.8. The summed E-state index contributed by atoms with van der Waals surface area (Å²) in [7, 11) is 0. The van der Waals surface area contributed by atoms with Crippen LogP contribution in [0.3, 0.4) is 0 Å². The number of carbonyl (C=O) groups is 3. The number of hydrogen-bond donors (Lipinski definition) is 0. The van der Waals surface area contributed by atoms with Crippen molar-refractivity contribution in [3.63, 3.8) is 0 Å². The first-order chi connectivity index (χ1) is 39.5. The van der Waals surface area contributed by atoms with Gasteiger partial charge in [-0.2, -0.15) is 0 Å². The predicted octanol–water partition coefficient (Wildman–Crippen LogP) is 23.6. The summed E-state index contributed by atoms with van der Waals surface area (Å²) < 4.78 is 17.0. The van der Waals surface area contributed by atoms with Crippen molar-refractivity contribution in [3.05, 3.63) is 97.2 Å². The highest BCUT2D eigenvalue weighted by atomic mass is 16.6. The molecule has 0 amide bonds. The molecule has 0 radical (unpaired) electrons. The molecule has 0 aliphatic heterocycles. The van der Waals surface area contributed by atoms with E-state index in [1.165, 1.54) is 167 Å². The summed E-state index contributed by atoms with van der Waals surface area (Å²) in [5.41, 5.74) is 0. The lowest BCUT2D eigenvalue weighted by molar-refractivity contribution is -0.167. The normalized spacial score (nSPS) is 12.7. The largest absolute Gasteiger partial charge is 0.462 e. The summed E-state index contributed by atoms with van der Waals surface area (Å²) in [5, 5.41) is 0. The van der Waals surface area contributed by atoms with E-state index in [0.29, 0.717) is 19.3 Å². The molecule has 0 aromatic heterocycles. The molecule has 0 aliphatic carbocycles. The second-order valence-corrected chi connectivity index (χ2v) is 22.7. The molecule has 0 saturated heterocycles. The van der Waals surface area contributed by atoms with Crippen molar-refractivity contribution in [2.24, 2.45) is 0 Å². The molecule has 6 heteroatoms. The molecule has 0 aromatic carbocycles. The quantitative estimate of drug-likeness (QED) is 0.0261. The summed E-state index contributed by atoms with van der Waals surface area (Å²) in [6.45, 7) is 6.54. The lowest BCUT2D eigenvalue weighted by Crippen LogP contribution is -2.30. The van der Waals surface area contributed by atoms with Gasteiger partial charge in [-0.15, -0.1) is 0 Å². The fourth-order valence-electron chi connectivity index (χ4n) is 9.71. The summed E-state index contributed by atoms with van der Waals surface area (Å²) in [6.07, 6.45) is 91.3. The molecular formula is C74H128O6.